The summed E-state index contributed by atoms with van der Waals surface area (Å²) in [4.78, 5) is 15.9. The Labute approximate surface area is 333 Å². The van der Waals surface area contributed by atoms with Crippen LogP contribution in [-0.4, -0.2) is 23.9 Å². The van der Waals surface area contributed by atoms with Gasteiger partial charge in [-0.05, 0) is 58.7 Å². The molecule has 0 N–H and O–H groups in total. The number of fused-ring (bicyclic) bond motifs is 12. The highest BCUT2D eigenvalue weighted by atomic mass is 15.1. The Kier molecular flexibility index (Phi) is 7.16. The second-order valence-corrected chi connectivity index (χ2v) is 14.8. The first-order valence-electron chi connectivity index (χ1n) is 19.6. The molecule has 4 aromatic heterocycles. The van der Waals surface area contributed by atoms with Gasteiger partial charge in [0.2, 0.25) is 0 Å². The summed E-state index contributed by atoms with van der Waals surface area (Å²) in [6.07, 6.45) is 0. The Balaban J connectivity index is 1.12. The average Bonchev–Trinajstić information content (AvgIpc) is 3.86. The van der Waals surface area contributed by atoms with Gasteiger partial charge in [-0.3, -0.25) is 8.97 Å². The molecule has 5 nitrogen and oxygen atoms in total. The van der Waals surface area contributed by atoms with E-state index in [1.54, 1.807) is 0 Å². The van der Waals surface area contributed by atoms with Gasteiger partial charge < -0.3 is 0 Å². The first kappa shape index (κ1) is 32.4. The summed E-state index contributed by atoms with van der Waals surface area (Å²) >= 11 is 0. The molecule has 0 aliphatic rings. The summed E-state index contributed by atoms with van der Waals surface area (Å²) in [5, 5.41) is 5.83. The summed E-state index contributed by atoms with van der Waals surface area (Å²) in [5.41, 5.74) is 13.8. The van der Waals surface area contributed by atoms with Crippen LogP contribution in [-0.2, 0) is 0 Å². The van der Waals surface area contributed by atoms with Crippen molar-refractivity contribution in [2.75, 3.05) is 0 Å². The summed E-state index contributed by atoms with van der Waals surface area (Å²) in [7, 11) is 0. The molecular formula is C53H33N5. The van der Waals surface area contributed by atoms with E-state index >= 15 is 0 Å². The molecule has 0 atom stereocenters. The molecule has 8 aromatic carbocycles. The van der Waals surface area contributed by atoms with Crippen LogP contribution < -0.4 is 0 Å². The van der Waals surface area contributed by atoms with Crippen molar-refractivity contribution in [1.29, 1.82) is 0 Å². The van der Waals surface area contributed by atoms with E-state index in [1.807, 2.05) is 12.1 Å². The van der Waals surface area contributed by atoms with Gasteiger partial charge in [-0.2, -0.15) is 0 Å². The number of hydrogen-bond donors (Lipinski definition) is 0. The maximum Gasteiger partial charge on any atom is 0.162 e. The fourth-order valence-corrected chi connectivity index (χ4v) is 8.84. The highest BCUT2D eigenvalue weighted by Gasteiger charge is 2.22. The molecule has 0 fully saturated rings. The predicted octanol–water partition coefficient (Wildman–Crippen LogP) is 13.3. The minimum Gasteiger partial charge on any atom is -0.294 e. The van der Waals surface area contributed by atoms with Crippen LogP contribution in [0.1, 0.15) is 0 Å². The number of aromatic nitrogens is 5. The van der Waals surface area contributed by atoms with Crippen LogP contribution in [0.4, 0.5) is 0 Å². The Morgan fingerprint density at radius 3 is 1.55 bits per heavy atom. The highest BCUT2D eigenvalue weighted by molar-refractivity contribution is 6.30. The molecule has 0 saturated carbocycles. The number of hydrogen-bond acceptors (Lipinski definition) is 3. The van der Waals surface area contributed by atoms with Gasteiger partial charge in [-0.15, -0.1) is 0 Å². The molecule has 0 aliphatic carbocycles. The zero-order chi connectivity index (χ0) is 38.2. The second-order valence-electron chi connectivity index (χ2n) is 14.8. The van der Waals surface area contributed by atoms with Crippen LogP contribution in [0, 0.1) is 0 Å². The minimum absolute atomic E-state index is 0.669. The van der Waals surface area contributed by atoms with Gasteiger partial charge in [0.25, 0.3) is 0 Å². The molecule has 0 bridgehead atoms. The van der Waals surface area contributed by atoms with E-state index in [4.69, 9.17) is 15.0 Å². The van der Waals surface area contributed by atoms with Crippen LogP contribution in [0.3, 0.4) is 0 Å². The zero-order valence-corrected chi connectivity index (χ0v) is 31.3. The lowest BCUT2D eigenvalue weighted by Gasteiger charge is -2.13. The molecule has 0 saturated heterocycles. The largest absolute Gasteiger partial charge is 0.294 e. The lowest BCUT2D eigenvalue weighted by molar-refractivity contribution is 1.05. The molecule has 0 amide bonds. The van der Waals surface area contributed by atoms with Crippen LogP contribution in [0.5, 0.6) is 0 Å². The van der Waals surface area contributed by atoms with E-state index in [0.29, 0.717) is 5.82 Å². The molecule has 0 radical (unpaired) electrons. The number of pyridine rings is 1. The first-order valence-corrected chi connectivity index (χ1v) is 19.6. The molecule has 0 spiro atoms. The van der Waals surface area contributed by atoms with Crippen molar-refractivity contribution in [3.05, 3.63) is 200 Å². The summed E-state index contributed by atoms with van der Waals surface area (Å²) in [6, 6.07) is 70.7. The van der Waals surface area contributed by atoms with Crippen LogP contribution in [0.2, 0.25) is 0 Å². The van der Waals surface area contributed by atoms with Crippen molar-refractivity contribution >= 4 is 60.2 Å². The molecular weight excluding hydrogens is 707 g/mol. The fourth-order valence-electron chi connectivity index (χ4n) is 8.84. The van der Waals surface area contributed by atoms with E-state index in [2.05, 4.69) is 197 Å². The van der Waals surface area contributed by atoms with Gasteiger partial charge >= 0.3 is 0 Å². The monoisotopic (exact) mass is 739 g/mol. The average molecular weight is 740 g/mol. The molecule has 0 aliphatic heterocycles. The fraction of sp³-hybridized carbons (Fsp3) is 0. The quantitative estimate of drug-likeness (QED) is 0.165. The van der Waals surface area contributed by atoms with Gasteiger partial charge in [0.15, 0.2) is 5.82 Å². The summed E-state index contributed by atoms with van der Waals surface area (Å²) in [5.74, 6) is 1.48. The third-order valence-electron chi connectivity index (χ3n) is 11.5. The number of rotatable bonds is 5. The third kappa shape index (κ3) is 5.00. The topological polar surface area (TPSA) is 48.0 Å². The van der Waals surface area contributed by atoms with E-state index in [9.17, 15) is 0 Å². The Hall–Kier alpha value is -7.89. The van der Waals surface area contributed by atoms with Gasteiger partial charge in [-0.1, -0.05) is 158 Å². The third-order valence-corrected chi connectivity index (χ3v) is 11.5. The molecule has 58 heavy (non-hydrogen) atoms. The first-order chi connectivity index (χ1) is 28.8. The SMILES string of the molecule is c1ccc(-c2ccc(-c3cc(-n4c5ccccc5c5c6c7ccccc7n7c8ccccc8nc7c6ccc54)nc(-c4ccc(-c5ccccc5)cc4)n3)cc2)cc1. The van der Waals surface area contributed by atoms with Gasteiger partial charge in [0.1, 0.15) is 11.5 Å². The van der Waals surface area contributed by atoms with E-state index in [1.165, 1.54) is 27.3 Å². The van der Waals surface area contributed by atoms with Crippen molar-refractivity contribution in [1.82, 2.24) is 23.9 Å². The van der Waals surface area contributed by atoms with Gasteiger partial charge in [0.05, 0.1) is 33.3 Å². The van der Waals surface area contributed by atoms with Gasteiger partial charge in [0, 0.05) is 44.1 Å². The summed E-state index contributed by atoms with van der Waals surface area (Å²) in [6.45, 7) is 0. The van der Waals surface area contributed by atoms with Crippen molar-refractivity contribution in [3.8, 4) is 50.7 Å². The van der Waals surface area contributed by atoms with Crippen LogP contribution >= 0.6 is 0 Å². The van der Waals surface area contributed by atoms with Gasteiger partial charge in [-0.25, -0.2) is 15.0 Å². The van der Waals surface area contributed by atoms with Crippen molar-refractivity contribution in [3.63, 3.8) is 0 Å². The van der Waals surface area contributed by atoms with E-state index < -0.39 is 0 Å². The Morgan fingerprint density at radius 1 is 0.328 bits per heavy atom. The van der Waals surface area contributed by atoms with Crippen molar-refractivity contribution < 1.29 is 0 Å². The highest BCUT2D eigenvalue weighted by Crippen LogP contribution is 2.42. The summed E-state index contributed by atoms with van der Waals surface area (Å²) < 4.78 is 4.63. The molecule has 270 valence electrons. The normalized spacial score (nSPS) is 11.8. The molecule has 0 unspecified atom stereocenters. The molecule has 12 rings (SSSR count). The standard InChI is InChI=1S/C53H33N5/c1-3-13-34(14-4-1)36-23-27-38(28-24-36)44-33-49(56-52(54-44)39-29-25-37(26-30-39)35-15-5-2-6-16-35)57-45-20-10-8-18-41(45)51-48(57)32-31-42-50(51)40-17-7-11-21-46(40)58-47-22-12-9-19-43(47)55-53(42)58/h1-33H. The minimum atomic E-state index is 0.669. The lowest BCUT2D eigenvalue weighted by atomic mass is 10.00. The van der Waals surface area contributed by atoms with Crippen molar-refractivity contribution in [2.45, 2.75) is 0 Å². The number of imidazole rings is 1. The smallest absolute Gasteiger partial charge is 0.162 e. The maximum absolute atomic E-state index is 5.40. The molecule has 5 heteroatoms. The maximum atomic E-state index is 5.40. The van der Waals surface area contributed by atoms with Crippen LogP contribution in [0.25, 0.3) is 111 Å². The van der Waals surface area contributed by atoms with Crippen molar-refractivity contribution in [2.24, 2.45) is 0 Å². The second kappa shape index (κ2) is 12.8. The molecule has 4 heterocycles. The van der Waals surface area contributed by atoms with Crippen LogP contribution in [0.15, 0.2) is 200 Å². The van der Waals surface area contributed by atoms with E-state index in [-0.39, 0.29) is 0 Å². The zero-order valence-electron chi connectivity index (χ0n) is 31.3. The molecule has 12 aromatic rings. The number of nitrogens with zero attached hydrogens (tertiary/aromatic N) is 5. The van der Waals surface area contributed by atoms with E-state index in [0.717, 1.165) is 77.8 Å². The number of para-hydroxylation sites is 4. The Bertz CT molecular complexity index is 3430. The number of benzene rings is 8. The lowest BCUT2D eigenvalue weighted by Crippen LogP contribution is -2.02. The Morgan fingerprint density at radius 2 is 0.862 bits per heavy atom. The predicted molar refractivity (Wildman–Crippen MR) is 239 cm³/mol.